The molecule has 124 valence electrons. The molecule has 1 atom stereocenters. The average molecular weight is 332 g/mol. The Hall–Kier alpha value is -3.46. The van der Waals surface area contributed by atoms with Crippen LogP contribution in [0.5, 0.6) is 11.5 Å². The van der Waals surface area contributed by atoms with E-state index >= 15 is 0 Å². The Kier molecular flexibility index (Phi) is 3.55. The third kappa shape index (κ3) is 2.37. The zero-order valence-corrected chi connectivity index (χ0v) is 13.6. The summed E-state index contributed by atoms with van der Waals surface area (Å²) in [5.74, 6) is 1.63. The molecule has 25 heavy (non-hydrogen) atoms. The van der Waals surface area contributed by atoms with Gasteiger partial charge in [-0.2, -0.15) is 5.26 Å². The van der Waals surface area contributed by atoms with Crippen LogP contribution in [0.4, 0.5) is 17.1 Å². The minimum atomic E-state index is -0.697. The molecule has 0 spiro atoms. The lowest BCUT2D eigenvalue weighted by molar-refractivity contribution is 0.415. The molecular formula is C19H16N4O2. The maximum absolute atomic E-state index is 9.66. The number of ether oxygens (including phenoxy) is 2. The first-order valence-corrected chi connectivity index (χ1v) is 7.87. The van der Waals surface area contributed by atoms with Gasteiger partial charge in [-0.1, -0.05) is 12.1 Å². The molecule has 0 fully saturated rings. The molecule has 2 aromatic rings. The highest BCUT2D eigenvalue weighted by molar-refractivity contribution is 6.02. The van der Waals surface area contributed by atoms with E-state index in [-0.39, 0.29) is 5.84 Å². The summed E-state index contributed by atoms with van der Waals surface area (Å²) in [5, 5.41) is 9.66. The van der Waals surface area contributed by atoms with Crippen LogP contribution >= 0.6 is 0 Å². The second-order valence-corrected chi connectivity index (χ2v) is 5.76. The van der Waals surface area contributed by atoms with Crippen LogP contribution in [-0.4, -0.2) is 19.0 Å². The number of anilines is 2. The van der Waals surface area contributed by atoms with Crippen molar-refractivity contribution in [2.45, 2.75) is 12.5 Å². The Morgan fingerprint density at radius 1 is 1.36 bits per heavy atom. The standard InChI is InChI=1S/C19H16N4O2/c1-24-14-6-2-5-13(10-14)23-15-8-7-12-4-3-9-25-18(12)17(15)22-19(21)16(23)11-20/h2-3,5-10,16H,4H2,1H3,(H2,21,22). The van der Waals surface area contributed by atoms with Gasteiger partial charge in [0.2, 0.25) is 0 Å². The van der Waals surface area contributed by atoms with Gasteiger partial charge in [-0.3, -0.25) is 0 Å². The van der Waals surface area contributed by atoms with Crippen LogP contribution in [0, 0.1) is 11.3 Å². The van der Waals surface area contributed by atoms with Crippen molar-refractivity contribution in [2.24, 2.45) is 10.7 Å². The lowest BCUT2D eigenvalue weighted by Gasteiger charge is -2.34. The molecule has 0 saturated carbocycles. The number of fused-ring (bicyclic) bond motifs is 3. The van der Waals surface area contributed by atoms with Crippen LogP contribution in [0.2, 0.25) is 0 Å². The minimum Gasteiger partial charge on any atom is -0.497 e. The molecular weight excluding hydrogens is 316 g/mol. The Morgan fingerprint density at radius 3 is 3.04 bits per heavy atom. The molecule has 6 nitrogen and oxygen atoms in total. The average Bonchev–Trinajstić information content (AvgIpc) is 2.67. The van der Waals surface area contributed by atoms with Crippen LogP contribution in [0.15, 0.2) is 53.7 Å². The largest absolute Gasteiger partial charge is 0.497 e. The molecule has 0 aromatic heterocycles. The Labute approximate surface area is 145 Å². The number of allylic oxidation sites excluding steroid dienone is 1. The Bertz CT molecular complexity index is 943. The number of nitrogens with zero attached hydrogens (tertiary/aromatic N) is 3. The van der Waals surface area contributed by atoms with Crippen molar-refractivity contribution in [1.29, 1.82) is 5.26 Å². The van der Waals surface area contributed by atoms with Gasteiger partial charge >= 0.3 is 0 Å². The fourth-order valence-electron chi connectivity index (χ4n) is 3.12. The number of hydrogen-bond donors (Lipinski definition) is 1. The van der Waals surface area contributed by atoms with Crippen LogP contribution in [0.3, 0.4) is 0 Å². The first kappa shape index (κ1) is 15.1. The summed E-state index contributed by atoms with van der Waals surface area (Å²) in [6.45, 7) is 0. The summed E-state index contributed by atoms with van der Waals surface area (Å²) in [5.41, 5.74) is 9.39. The summed E-state index contributed by atoms with van der Waals surface area (Å²) in [6.07, 6.45) is 4.38. The van der Waals surface area contributed by atoms with E-state index < -0.39 is 6.04 Å². The van der Waals surface area contributed by atoms with Crippen molar-refractivity contribution in [1.82, 2.24) is 0 Å². The highest BCUT2D eigenvalue weighted by Gasteiger charge is 2.33. The van der Waals surface area contributed by atoms with Crippen LogP contribution in [0.25, 0.3) is 0 Å². The van der Waals surface area contributed by atoms with E-state index in [9.17, 15) is 5.26 Å². The van der Waals surface area contributed by atoms with Gasteiger partial charge in [-0.05, 0) is 30.7 Å². The highest BCUT2D eigenvalue weighted by atomic mass is 16.5. The summed E-state index contributed by atoms with van der Waals surface area (Å²) >= 11 is 0. The minimum absolute atomic E-state index is 0.240. The number of nitriles is 1. The third-order valence-corrected chi connectivity index (χ3v) is 4.30. The van der Waals surface area contributed by atoms with Crippen molar-refractivity contribution in [3.8, 4) is 17.6 Å². The topological polar surface area (TPSA) is 83.9 Å². The molecule has 0 bridgehead atoms. The molecule has 4 rings (SSSR count). The molecule has 2 aliphatic rings. The molecule has 2 heterocycles. The van der Waals surface area contributed by atoms with Gasteiger partial charge in [-0.25, -0.2) is 4.99 Å². The first-order valence-electron chi connectivity index (χ1n) is 7.87. The maximum atomic E-state index is 9.66. The van der Waals surface area contributed by atoms with Gasteiger partial charge in [0.25, 0.3) is 0 Å². The first-order chi connectivity index (χ1) is 12.2. The van der Waals surface area contributed by atoms with Crippen molar-refractivity contribution in [2.75, 3.05) is 12.0 Å². The molecule has 6 heteroatoms. The van der Waals surface area contributed by atoms with E-state index in [1.54, 1.807) is 13.4 Å². The molecule has 2 aromatic carbocycles. The van der Waals surface area contributed by atoms with E-state index in [1.807, 2.05) is 47.4 Å². The molecule has 0 radical (unpaired) electrons. The highest BCUT2D eigenvalue weighted by Crippen LogP contribution is 2.47. The summed E-state index contributed by atoms with van der Waals surface area (Å²) in [7, 11) is 1.61. The van der Waals surface area contributed by atoms with E-state index in [2.05, 4.69) is 11.1 Å². The third-order valence-electron chi connectivity index (χ3n) is 4.30. The second kappa shape index (κ2) is 5.87. The molecule has 1 unspecified atom stereocenters. The quantitative estimate of drug-likeness (QED) is 0.913. The SMILES string of the molecule is COc1cccc(N2c3ccc4c(c3N=C(N)C2C#N)OC=CC4)c1. The fourth-order valence-corrected chi connectivity index (χ4v) is 3.12. The zero-order valence-electron chi connectivity index (χ0n) is 13.6. The molecule has 0 amide bonds. The van der Waals surface area contributed by atoms with Crippen molar-refractivity contribution >= 4 is 22.9 Å². The molecule has 0 saturated heterocycles. The molecule has 2 N–H and O–H groups in total. The van der Waals surface area contributed by atoms with Gasteiger partial charge < -0.3 is 20.1 Å². The summed E-state index contributed by atoms with van der Waals surface area (Å²) in [4.78, 5) is 6.33. The predicted octanol–water partition coefficient (Wildman–Crippen LogP) is 3.18. The summed E-state index contributed by atoms with van der Waals surface area (Å²) in [6, 6.07) is 13.0. The normalized spacial score (nSPS) is 17.7. The van der Waals surface area contributed by atoms with E-state index in [0.29, 0.717) is 17.2 Å². The Morgan fingerprint density at radius 2 is 2.24 bits per heavy atom. The van der Waals surface area contributed by atoms with Gasteiger partial charge in [0.1, 0.15) is 17.3 Å². The van der Waals surface area contributed by atoms with Gasteiger partial charge in [0.15, 0.2) is 11.8 Å². The zero-order chi connectivity index (χ0) is 17.4. The van der Waals surface area contributed by atoms with Crippen molar-refractivity contribution in [3.05, 3.63) is 54.3 Å². The number of nitrogens with two attached hydrogens (primary N) is 1. The van der Waals surface area contributed by atoms with Gasteiger partial charge in [-0.15, -0.1) is 0 Å². The summed E-state index contributed by atoms with van der Waals surface area (Å²) < 4.78 is 11.0. The lowest BCUT2D eigenvalue weighted by Crippen LogP contribution is -2.43. The van der Waals surface area contributed by atoms with Crippen molar-refractivity contribution < 1.29 is 9.47 Å². The van der Waals surface area contributed by atoms with E-state index in [1.165, 1.54) is 0 Å². The van der Waals surface area contributed by atoms with E-state index in [4.69, 9.17) is 15.2 Å². The van der Waals surface area contributed by atoms with Crippen LogP contribution in [0.1, 0.15) is 5.56 Å². The van der Waals surface area contributed by atoms with Gasteiger partial charge in [0, 0.05) is 17.3 Å². The van der Waals surface area contributed by atoms with Crippen molar-refractivity contribution in [3.63, 3.8) is 0 Å². The number of methoxy groups -OCH3 is 1. The monoisotopic (exact) mass is 332 g/mol. The number of hydrogen-bond acceptors (Lipinski definition) is 6. The second-order valence-electron chi connectivity index (χ2n) is 5.76. The lowest BCUT2D eigenvalue weighted by atomic mass is 10.0. The van der Waals surface area contributed by atoms with Crippen LogP contribution in [-0.2, 0) is 6.42 Å². The maximum Gasteiger partial charge on any atom is 0.179 e. The number of amidine groups is 1. The predicted molar refractivity (Wildman–Crippen MR) is 95.7 cm³/mol. The number of rotatable bonds is 2. The van der Waals surface area contributed by atoms with Crippen LogP contribution < -0.4 is 20.1 Å². The van der Waals surface area contributed by atoms with E-state index in [0.717, 1.165) is 23.4 Å². The Balaban J connectivity index is 1.93. The molecule has 0 aliphatic carbocycles. The number of aliphatic imine (C=N–C) groups is 1. The number of benzene rings is 2. The fraction of sp³-hybridized carbons (Fsp3) is 0.158. The molecule has 2 aliphatic heterocycles. The smallest absolute Gasteiger partial charge is 0.179 e. The van der Waals surface area contributed by atoms with Gasteiger partial charge in [0.05, 0.1) is 25.1 Å².